The fraction of sp³-hybridized carbons (Fsp3) is 0.692. The van der Waals surface area contributed by atoms with Crippen LogP contribution < -0.4 is 0 Å². The SMILES string of the molecule is C=C(C)CC.C=C(C)CC.C=C1CCCC/C1=C/C(C)=C(C)C.CC.CC.CC.CC(C)C.CCC(C)CC.CCCCC.CCc1ccccc1. The van der Waals surface area contributed by atoms with Gasteiger partial charge in [-0.15, -0.1) is 13.2 Å². The summed E-state index contributed by atoms with van der Waals surface area (Å²) < 4.78 is 0. The summed E-state index contributed by atoms with van der Waals surface area (Å²) in [6.45, 7) is 58.1. The van der Waals surface area contributed by atoms with Crippen LogP contribution in [-0.4, -0.2) is 0 Å². The van der Waals surface area contributed by atoms with Crippen molar-refractivity contribution in [2.75, 3.05) is 0 Å². The van der Waals surface area contributed by atoms with Crippen molar-refractivity contribution in [3.8, 4) is 0 Å². The first-order valence-electron chi connectivity index (χ1n) is 21.9. The van der Waals surface area contributed by atoms with Crippen molar-refractivity contribution in [3.05, 3.63) is 95.1 Å². The van der Waals surface area contributed by atoms with Crippen molar-refractivity contribution < 1.29 is 0 Å². The van der Waals surface area contributed by atoms with E-state index in [0.29, 0.717) is 0 Å². The molecule has 2 rings (SSSR count). The van der Waals surface area contributed by atoms with E-state index in [2.05, 4.69) is 147 Å². The van der Waals surface area contributed by atoms with Crippen molar-refractivity contribution in [2.45, 2.75) is 229 Å². The Bertz CT molecular complexity index is 832. The van der Waals surface area contributed by atoms with E-state index >= 15 is 0 Å². The zero-order valence-electron chi connectivity index (χ0n) is 40.7. The van der Waals surface area contributed by atoms with Gasteiger partial charge in [0.25, 0.3) is 0 Å². The van der Waals surface area contributed by atoms with Crippen LogP contribution in [0.3, 0.4) is 0 Å². The molecule has 0 bridgehead atoms. The molecule has 0 aliphatic heterocycles. The zero-order valence-corrected chi connectivity index (χ0v) is 40.7. The molecule has 1 aliphatic rings. The van der Waals surface area contributed by atoms with Crippen LogP contribution >= 0.6 is 0 Å². The fourth-order valence-corrected chi connectivity index (χ4v) is 2.93. The Morgan fingerprint density at radius 2 is 0.981 bits per heavy atom. The van der Waals surface area contributed by atoms with Gasteiger partial charge in [-0.05, 0) is 103 Å². The third-order valence-corrected chi connectivity index (χ3v) is 7.37. The van der Waals surface area contributed by atoms with Gasteiger partial charge in [0.15, 0.2) is 0 Å². The van der Waals surface area contributed by atoms with Crippen LogP contribution in [-0.2, 0) is 6.42 Å². The van der Waals surface area contributed by atoms with Gasteiger partial charge >= 0.3 is 0 Å². The van der Waals surface area contributed by atoms with Crippen LogP contribution in [0.15, 0.2) is 89.6 Å². The first-order valence-corrected chi connectivity index (χ1v) is 21.9. The summed E-state index contributed by atoms with van der Waals surface area (Å²) in [5.41, 5.74) is 9.56. The summed E-state index contributed by atoms with van der Waals surface area (Å²) in [6, 6.07) is 10.5. The molecular weight excluding hydrogens is 625 g/mol. The molecule has 52 heavy (non-hydrogen) atoms. The predicted molar refractivity (Wildman–Crippen MR) is 255 cm³/mol. The van der Waals surface area contributed by atoms with E-state index in [9.17, 15) is 0 Å². The van der Waals surface area contributed by atoms with E-state index in [4.69, 9.17) is 0 Å². The first-order chi connectivity index (χ1) is 24.5. The molecule has 0 saturated heterocycles. The average molecular weight is 729 g/mol. The normalized spacial score (nSPS) is 11.0. The third kappa shape index (κ3) is 77.4. The summed E-state index contributed by atoms with van der Waals surface area (Å²) in [7, 11) is 0. The van der Waals surface area contributed by atoms with E-state index in [1.165, 1.54) is 96.8 Å². The first kappa shape index (κ1) is 68.0. The number of hydrogen-bond donors (Lipinski definition) is 0. The quantitative estimate of drug-likeness (QED) is 0.234. The van der Waals surface area contributed by atoms with E-state index in [-0.39, 0.29) is 0 Å². The van der Waals surface area contributed by atoms with Gasteiger partial charge in [-0.25, -0.2) is 0 Å². The summed E-state index contributed by atoms with van der Waals surface area (Å²) in [4.78, 5) is 0. The Morgan fingerprint density at radius 1 is 0.635 bits per heavy atom. The average Bonchev–Trinajstić information content (AvgIpc) is 3.16. The summed E-state index contributed by atoms with van der Waals surface area (Å²) >= 11 is 0. The largest absolute Gasteiger partial charge is 0.100 e. The molecule has 1 aliphatic carbocycles. The van der Waals surface area contributed by atoms with Gasteiger partial charge in [0.1, 0.15) is 0 Å². The minimum Gasteiger partial charge on any atom is -0.100 e. The molecule has 0 N–H and O–H groups in total. The number of allylic oxidation sites excluding steroid dienone is 7. The van der Waals surface area contributed by atoms with Gasteiger partial charge in [-0.2, -0.15) is 0 Å². The van der Waals surface area contributed by atoms with Crippen molar-refractivity contribution in [2.24, 2.45) is 11.8 Å². The molecule has 0 nitrogen and oxygen atoms in total. The minimum absolute atomic E-state index is 0.833. The van der Waals surface area contributed by atoms with Crippen molar-refractivity contribution in [1.29, 1.82) is 0 Å². The number of unbranched alkanes of at least 4 members (excludes halogenated alkanes) is 2. The maximum Gasteiger partial charge on any atom is -0.0276 e. The van der Waals surface area contributed by atoms with Gasteiger partial charge in [-0.1, -0.05) is 221 Å². The lowest BCUT2D eigenvalue weighted by molar-refractivity contribution is 0.544. The second kappa shape index (κ2) is 61.0. The number of benzene rings is 1. The van der Waals surface area contributed by atoms with Crippen LogP contribution in [0.5, 0.6) is 0 Å². The Balaban J connectivity index is -0.0000000735. The molecule has 1 fully saturated rings. The number of aryl methyl sites for hydroxylation is 1. The molecule has 0 amide bonds. The fourth-order valence-electron chi connectivity index (χ4n) is 2.93. The molecule has 1 saturated carbocycles. The molecule has 0 aromatic heterocycles. The Hall–Kier alpha value is -2.08. The van der Waals surface area contributed by atoms with Crippen LogP contribution in [0.25, 0.3) is 0 Å². The number of rotatable bonds is 8. The molecule has 312 valence electrons. The van der Waals surface area contributed by atoms with Gasteiger partial charge in [0, 0.05) is 0 Å². The molecule has 0 heteroatoms. The monoisotopic (exact) mass is 729 g/mol. The van der Waals surface area contributed by atoms with E-state index in [0.717, 1.165) is 31.1 Å². The van der Waals surface area contributed by atoms with Gasteiger partial charge < -0.3 is 0 Å². The van der Waals surface area contributed by atoms with Crippen LogP contribution in [0.1, 0.15) is 229 Å². The van der Waals surface area contributed by atoms with Crippen LogP contribution in [0, 0.1) is 11.8 Å². The molecule has 0 radical (unpaired) electrons. The molecule has 0 unspecified atom stereocenters. The Kier molecular flexibility index (Phi) is 79.7. The maximum absolute atomic E-state index is 4.12. The van der Waals surface area contributed by atoms with Crippen molar-refractivity contribution >= 4 is 0 Å². The highest BCUT2D eigenvalue weighted by molar-refractivity contribution is 5.37. The van der Waals surface area contributed by atoms with Gasteiger partial charge in [0.05, 0.1) is 0 Å². The Morgan fingerprint density at radius 3 is 1.17 bits per heavy atom. The highest BCUT2D eigenvalue weighted by Gasteiger charge is 2.09. The second-order valence-corrected chi connectivity index (χ2v) is 13.6. The maximum atomic E-state index is 4.12. The van der Waals surface area contributed by atoms with Crippen LogP contribution in [0.4, 0.5) is 0 Å². The molecular formula is C52H104. The highest BCUT2D eigenvalue weighted by atomic mass is 14.1. The molecule has 0 spiro atoms. The number of hydrogen-bond acceptors (Lipinski definition) is 0. The zero-order chi connectivity index (χ0) is 42.9. The highest BCUT2D eigenvalue weighted by Crippen LogP contribution is 2.28. The molecule has 1 aromatic carbocycles. The molecule has 0 heterocycles. The third-order valence-electron chi connectivity index (χ3n) is 7.37. The van der Waals surface area contributed by atoms with Crippen molar-refractivity contribution in [1.82, 2.24) is 0 Å². The van der Waals surface area contributed by atoms with Crippen LogP contribution in [0.2, 0.25) is 0 Å². The second-order valence-electron chi connectivity index (χ2n) is 13.6. The smallest absolute Gasteiger partial charge is 0.0276 e. The molecule has 1 aromatic rings. The lowest BCUT2D eigenvalue weighted by Crippen LogP contribution is -1.97. The van der Waals surface area contributed by atoms with Gasteiger partial charge in [0.2, 0.25) is 0 Å². The van der Waals surface area contributed by atoms with E-state index in [1.54, 1.807) is 0 Å². The van der Waals surface area contributed by atoms with Gasteiger partial charge in [-0.3, -0.25) is 0 Å². The minimum atomic E-state index is 0.833. The Labute approximate surface area is 335 Å². The summed E-state index contributed by atoms with van der Waals surface area (Å²) in [5.74, 6) is 1.77. The lowest BCUT2D eigenvalue weighted by Gasteiger charge is -2.17. The standard InChI is InChI=1S/C13H20.C8H10.C6H14.2C5H10.C5H12.C4H10.3C2H6/c1-10(2)12(4)9-13-8-6-5-7-11(13)3;1-2-8-6-4-3-5-7-8;1-4-6(3)5-2;2*1-4-5(2)3;1-3-5-4-2;1-4(2)3;3*1-2/h9H,3,5-8H2,1-2,4H3;3-7H,2H2,1H3;6H,4-5H2,1-3H3;2*2,4H2,1,3H3;3-5H2,1-2H3;4H,1-3H3;3*1-2H3/b13-9-;;;;;;;;;. The topological polar surface area (TPSA) is 0 Å². The predicted octanol–water partition coefficient (Wildman–Crippen LogP) is 20.0. The molecule has 0 atom stereocenters. The van der Waals surface area contributed by atoms with Crippen molar-refractivity contribution in [3.63, 3.8) is 0 Å². The lowest BCUT2D eigenvalue weighted by atomic mass is 9.89. The summed E-state index contributed by atoms with van der Waals surface area (Å²) in [6.07, 6.45) is 17.5. The summed E-state index contributed by atoms with van der Waals surface area (Å²) in [5, 5.41) is 0. The van der Waals surface area contributed by atoms with E-state index in [1.807, 2.05) is 61.5 Å². The van der Waals surface area contributed by atoms with E-state index < -0.39 is 0 Å².